The van der Waals surface area contributed by atoms with E-state index in [-0.39, 0.29) is 29.7 Å². The van der Waals surface area contributed by atoms with Gasteiger partial charge >= 0.3 is 0 Å². The van der Waals surface area contributed by atoms with Gasteiger partial charge in [0, 0.05) is 43.4 Å². The molecule has 36 heavy (non-hydrogen) atoms. The molecule has 1 amide bonds. The first-order valence-corrected chi connectivity index (χ1v) is 13.0. The number of hydrogen-bond acceptors (Lipinski definition) is 6. The molecule has 0 aliphatic carbocycles. The lowest BCUT2D eigenvalue weighted by molar-refractivity contribution is -0.132. The second kappa shape index (κ2) is 9.25. The molecule has 1 atom stereocenters. The van der Waals surface area contributed by atoms with Gasteiger partial charge in [0.2, 0.25) is 5.91 Å². The molecular formula is C25H22ClFN6O2S. The minimum absolute atomic E-state index is 0.00881. The predicted molar refractivity (Wildman–Crippen MR) is 138 cm³/mol. The van der Waals surface area contributed by atoms with E-state index in [1.54, 1.807) is 38.4 Å². The number of fused-ring (bicyclic) bond motifs is 2. The SMILES string of the molecule is O=C(CC1CSc2nc3c(cnn3-c3ccc(Cl)cc3)c(=O)n21)N1CCN(c2ccccc2F)CC1. The Balaban J connectivity index is 1.19. The number of thioether (sulfide) groups is 1. The molecule has 184 valence electrons. The van der Waals surface area contributed by atoms with Crippen LogP contribution in [0.4, 0.5) is 10.1 Å². The van der Waals surface area contributed by atoms with Crippen LogP contribution >= 0.6 is 23.4 Å². The maximum atomic E-state index is 14.1. The molecule has 0 spiro atoms. The monoisotopic (exact) mass is 524 g/mol. The zero-order chi connectivity index (χ0) is 24.8. The van der Waals surface area contributed by atoms with Crippen molar-refractivity contribution in [3.8, 4) is 5.69 Å². The highest BCUT2D eigenvalue weighted by Gasteiger charge is 2.32. The molecule has 0 radical (unpaired) electrons. The van der Waals surface area contributed by atoms with Gasteiger partial charge in [-0.3, -0.25) is 14.2 Å². The molecule has 11 heteroatoms. The molecule has 0 N–H and O–H groups in total. The van der Waals surface area contributed by atoms with E-state index in [4.69, 9.17) is 16.6 Å². The molecule has 2 aromatic heterocycles. The molecule has 0 saturated carbocycles. The highest BCUT2D eigenvalue weighted by atomic mass is 35.5. The van der Waals surface area contributed by atoms with E-state index >= 15 is 0 Å². The molecule has 2 aromatic carbocycles. The fourth-order valence-corrected chi connectivity index (χ4v) is 6.04. The number of amides is 1. The van der Waals surface area contributed by atoms with Crippen LogP contribution in [0.2, 0.25) is 5.02 Å². The van der Waals surface area contributed by atoms with Gasteiger partial charge in [-0.15, -0.1) is 0 Å². The number of rotatable bonds is 4. The Morgan fingerprint density at radius 3 is 2.58 bits per heavy atom. The highest BCUT2D eigenvalue weighted by molar-refractivity contribution is 7.99. The maximum absolute atomic E-state index is 14.1. The minimum Gasteiger partial charge on any atom is -0.366 e. The fraction of sp³-hybridized carbons (Fsp3) is 0.280. The summed E-state index contributed by atoms with van der Waals surface area (Å²) in [5.41, 5.74) is 1.61. The number of carbonyl (C=O) groups excluding carboxylic acids is 1. The average Bonchev–Trinajstić information content (AvgIpc) is 3.50. The third-order valence-electron chi connectivity index (χ3n) is 6.68. The van der Waals surface area contributed by atoms with Crippen molar-refractivity contribution in [2.24, 2.45) is 0 Å². The summed E-state index contributed by atoms with van der Waals surface area (Å²) in [6, 6.07) is 13.6. The summed E-state index contributed by atoms with van der Waals surface area (Å²) in [6.45, 7) is 2.16. The minimum atomic E-state index is -0.273. The van der Waals surface area contributed by atoms with Crippen LogP contribution in [0.1, 0.15) is 12.5 Å². The molecule has 1 unspecified atom stereocenters. The van der Waals surface area contributed by atoms with E-state index in [0.717, 1.165) is 5.69 Å². The summed E-state index contributed by atoms with van der Waals surface area (Å²) in [7, 11) is 0. The van der Waals surface area contributed by atoms with Crippen molar-refractivity contribution in [2.75, 3.05) is 36.8 Å². The smallest absolute Gasteiger partial charge is 0.265 e. The van der Waals surface area contributed by atoms with Crippen molar-refractivity contribution in [1.82, 2.24) is 24.2 Å². The molecule has 8 nitrogen and oxygen atoms in total. The topological polar surface area (TPSA) is 76.3 Å². The number of anilines is 1. The molecular weight excluding hydrogens is 503 g/mol. The molecule has 2 aliphatic rings. The van der Waals surface area contributed by atoms with Gasteiger partial charge in [0.15, 0.2) is 10.8 Å². The first-order chi connectivity index (χ1) is 17.5. The van der Waals surface area contributed by atoms with E-state index in [0.29, 0.717) is 58.8 Å². The Morgan fingerprint density at radius 2 is 1.83 bits per heavy atom. The van der Waals surface area contributed by atoms with E-state index in [2.05, 4.69) is 5.10 Å². The van der Waals surface area contributed by atoms with Crippen LogP contribution in [-0.2, 0) is 4.79 Å². The fourth-order valence-electron chi connectivity index (χ4n) is 4.79. The summed E-state index contributed by atoms with van der Waals surface area (Å²) in [5.74, 6) is 0.337. The third-order valence-corrected chi connectivity index (χ3v) is 8.03. The zero-order valence-corrected chi connectivity index (χ0v) is 20.8. The second-order valence-electron chi connectivity index (χ2n) is 8.83. The first kappa shape index (κ1) is 23.1. The van der Waals surface area contributed by atoms with Gasteiger partial charge in [-0.05, 0) is 36.4 Å². The van der Waals surface area contributed by atoms with Gasteiger partial charge in [0.1, 0.15) is 11.2 Å². The average molecular weight is 525 g/mol. The maximum Gasteiger partial charge on any atom is 0.265 e. The standard InChI is InChI=1S/C25H22ClFN6O2S/c26-16-5-7-17(8-6-16)33-23-19(14-28-33)24(35)32-18(15-36-25(32)29-23)13-22(34)31-11-9-30(10-12-31)21-4-2-1-3-20(21)27/h1-8,14,18H,9-13,15H2. The number of para-hydroxylation sites is 1. The zero-order valence-electron chi connectivity index (χ0n) is 19.2. The normalized spacial score (nSPS) is 17.6. The summed E-state index contributed by atoms with van der Waals surface area (Å²) in [6.07, 6.45) is 1.74. The Morgan fingerprint density at radius 1 is 1.08 bits per heavy atom. The molecule has 4 heterocycles. The summed E-state index contributed by atoms with van der Waals surface area (Å²) >= 11 is 7.47. The molecule has 6 rings (SSSR count). The van der Waals surface area contributed by atoms with E-state index in [1.165, 1.54) is 24.0 Å². The molecule has 1 fully saturated rings. The van der Waals surface area contributed by atoms with Gasteiger partial charge in [-0.25, -0.2) is 14.1 Å². The number of benzene rings is 2. The Kier molecular flexibility index (Phi) is 5.93. The van der Waals surface area contributed by atoms with Crippen molar-refractivity contribution in [3.05, 3.63) is 75.9 Å². The van der Waals surface area contributed by atoms with Crippen molar-refractivity contribution >= 4 is 46.0 Å². The summed E-state index contributed by atoms with van der Waals surface area (Å²) < 4.78 is 17.4. The summed E-state index contributed by atoms with van der Waals surface area (Å²) in [5, 5.41) is 5.99. The quantitative estimate of drug-likeness (QED) is 0.378. The number of carbonyl (C=O) groups is 1. The number of hydrogen-bond donors (Lipinski definition) is 0. The predicted octanol–water partition coefficient (Wildman–Crippen LogP) is 3.76. The first-order valence-electron chi connectivity index (χ1n) is 11.7. The van der Waals surface area contributed by atoms with Crippen LogP contribution in [0.15, 0.2) is 64.7 Å². The van der Waals surface area contributed by atoms with E-state index in [1.807, 2.05) is 23.1 Å². The molecule has 0 bridgehead atoms. The number of piperazine rings is 1. The number of aromatic nitrogens is 4. The van der Waals surface area contributed by atoms with Gasteiger partial charge in [-0.2, -0.15) is 5.10 Å². The van der Waals surface area contributed by atoms with Gasteiger partial charge in [0.05, 0.1) is 23.6 Å². The van der Waals surface area contributed by atoms with Crippen molar-refractivity contribution in [1.29, 1.82) is 0 Å². The highest BCUT2D eigenvalue weighted by Crippen LogP contribution is 2.34. The van der Waals surface area contributed by atoms with Crippen molar-refractivity contribution in [2.45, 2.75) is 17.6 Å². The van der Waals surface area contributed by atoms with Gasteiger partial charge < -0.3 is 9.80 Å². The van der Waals surface area contributed by atoms with Crippen LogP contribution in [-0.4, -0.2) is 62.1 Å². The third kappa shape index (κ3) is 4.04. The van der Waals surface area contributed by atoms with Crippen LogP contribution in [0.25, 0.3) is 16.7 Å². The van der Waals surface area contributed by atoms with Gasteiger partial charge in [-0.1, -0.05) is 35.5 Å². The Labute approximate surface area is 215 Å². The lowest BCUT2D eigenvalue weighted by Crippen LogP contribution is -2.49. The lowest BCUT2D eigenvalue weighted by Gasteiger charge is -2.36. The van der Waals surface area contributed by atoms with Crippen LogP contribution in [0, 0.1) is 5.82 Å². The Bertz CT molecular complexity index is 1510. The van der Waals surface area contributed by atoms with Crippen LogP contribution in [0.3, 0.4) is 0 Å². The van der Waals surface area contributed by atoms with Crippen LogP contribution < -0.4 is 10.5 Å². The van der Waals surface area contributed by atoms with E-state index in [9.17, 15) is 14.0 Å². The van der Waals surface area contributed by atoms with Crippen molar-refractivity contribution in [3.63, 3.8) is 0 Å². The lowest BCUT2D eigenvalue weighted by atomic mass is 10.1. The molecule has 4 aromatic rings. The molecule has 2 aliphatic heterocycles. The summed E-state index contributed by atoms with van der Waals surface area (Å²) in [4.78, 5) is 35.0. The van der Waals surface area contributed by atoms with Crippen LogP contribution in [0.5, 0.6) is 0 Å². The Hall–Kier alpha value is -3.37. The number of halogens is 2. The molecule has 1 saturated heterocycles. The van der Waals surface area contributed by atoms with Gasteiger partial charge in [0.25, 0.3) is 5.56 Å². The van der Waals surface area contributed by atoms with Crippen molar-refractivity contribution < 1.29 is 9.18 Å². The van der Waals surface area contributed by atoms with E-state index < -0.39 is 0 Å². The largest absolute Gasteiger partial charge is 0.366 e. The number of nitrogens with zero attached hydrogens (tertiary/aromatic N) is 6. The second-order valence-corrected chi connectivity index (χ2v) is 10.3.